The van der Waals surface area contributed by atoms with E-state index in [2.05, 4.69) is 5.32 Å². The van der Waals surface area contributed by atoms with Gasteiger partial charge in [-0.1, -0.05) is 0 Å². The summed E-state index contributed by atoms with van der Waals surface area (Å²) in [6.45, 7) is 5.62. The number of nitrogens with zero attached hydrogens (tertiary/aromatic N) is 1. The van der Waals surface area contributed by atoms with Crippen LogP contribution in [0.3, 0.4) is 0 Å². The molecule has 0 atom stereocenters. The van der Waals surface area contributed by atoms with Crippen molar-refractivity contribution < 1.29 is 28.7 Å². The largest absolute Gasteiger partial charge is 0.490 e. The first-order valence-electron chi connectivity index (χ1n) is 8.97. The zero-order valence-electron chi connectivity index (χ0n) is 16.4. The van der Waals surface area contributed by atoms with Crippen molar-refractivity contribution in [3.8, 4) is 11.5 Å². The lowest BCUT2D eigenvalue weighted by Gasteiger charge is -2.12. The van der Waals surface area contributed by atoms with Gasteiger partial charge in [0.05, 0.1) is 23.7 Å². The number of nitro benzene ring substituents is 1. The summed E-state index contributed by atoms with van der Waals surface area (Å²) in [5.74, 6) is -0.331. The number of ether oxygens (including phenoxy) is 3. The number of amides is 1. The molecule has 0 spiro atoms. The summed E-state index contributed by atoms with van der Waals surface area (Å²) in [6.07, 6.45) is 0. The van der Waals surface area contributed by atoms with Gasteiger partial charge in [-0.05, 0) is 50.6 Å². The number of aryl methyl sites for hydroxylation is 1. The van der Waals surface area contributed by atoms with Crippen molar-refractivity contribution in [1.29, 1.82) is 0 Å². The number of carbonyl (C=O) groups excluding carboxylic acids is 2. The molecule has 2 rings (SSSR count). The Morgan fingerprint density at radius 2 is 1.72 bits per heavy atom. The SMILES string of the molecule is CCOc1ccc(C(=O)OCC(=O)Nc2ccc([N+](=O)[O-])cc2C)cc1OCC. The molecule has 2 aromatic rings. The van der Waals surface area contributed by atoms with Gasteiger partial charge in [0.25, 0.3) is 11.6 Å². The predicted molar refractivity (Wildman–Crippen MR) is 106 cm³/mol. The summed E-state index contributed by atoms with van der Waals surface area (Å²) in [7, 11) is 0. The molecule has 0 saturated heterocycles. The number of nitro groups is 1. The predicted octanol–water partition coefficient (Wildman–Crippen LogP) is 3.50. The van der Waals surface area contributed by atoms with Crippen LogP contribution in [0.1, 0.15) is 29.8 Å². The molecule has 1 N–H and O–H groups in total. The number of hydrogen-bond donors (Lipinski definition) is 1. The topological polar surface area (TPSA) is 117 Å². The molecule has 0 bridgehead atoms. The number of carbonyl (C=O) groups is 2. The monoisotopic (exact) mass is 402 g/mol. The number of hydrogen-bond acceptors (Lipinski definition) is 7. The van der Waals surface area contributed by atoms with E-state index in [0.717, 1.165) is 0 Å². The highest BCUT2D eigenvalue weighted by Gasteiger charge is 2.15. The van der Waals surface area contributed by atoms with E-state index < -0.39 is 23.4 Å². The van der Waals surface area contributed by atoms with Crippen molar-refractivity contribution >= 4 is 23.3 Å². The van der Waals surface area contributed by atoms with Gasteiger partial charge in [0.15, 0.2) is 18.1 Å². The number of nitrogens with one attached hydrogen (secondary N) is 1. The first-order valence-corrected chi connectivity index (χ1v) is 8.97. The third-order valence-corrected chi connectivity index (χ3v) is 3.81. The molecule has 9 heteroatoms. The van der Waals surface area contributed by atoms with Gasteiger partial charge in [0, 0.05) is 17.8 Å². The maximum atomic E-state index is 12.2. The zero-order chi connectivity index (χ0) is 21.4. The Hall–Kier alpha value is -3.62. The second kappa shape index (κ2) is 10.1. The Kier molecular flexibility index (Phi) is 7.53. The van der Waals surface area contributed by atoms with Crippen LogP contribution >= 0.6 is 0 Å². The van der Waals surface area contributed by atoms with Crippen molar-refractivity contribution in [2.75, 3.05) is 25.1 Å². The molecule has 0 aromatic heterocycles. The van der Waals surface area contributed by atoms with E-state index in [1.54, 1.807) is 13.0 Å². The van der Waals surface area contributed by atoms with E-state index in [4.69, 9.17) is 14.2 Å². The normalized spacial score (nSPS) is 10.2. The van der Waals surface area contributed by atoms with Crippen molar-refractivity contribution in [3.63, 3.8) is 0 Å². The molecule has 0 fully saturated rings. The standard InChI is InChI=1S/C20H22N2O7/c1-4-27-17-9-6-14(11-18(17)28-5-2)20(24)29-12-19(23)21-16-8-7-15(22(25)26)10-13(16)3/h6-11H,4-5,12H2,1-3H3,(H,21,23). The minimum atomic E-state index is -0.690. The van der Waals surface area contributed by atoms with Crippen molar-refractivity contribution in [2.45, 2.75) is 20.8 Å². The van der Waals surface area contributed by atoms with E-state index in [1.165, 1.54) is 30.3 Å². The van der Waals surface area contributed by atoms with Gasteiger partial charge in [0.2, 0.25) is 0 Å². The first-order chi connectivity index (χ1) is 13.8. The van der Waals surface area contributed by atoms with E-state index >= 15 is 0 Å². The molecule has 29 heavy (non-hydrogen) atoms. The van der Waals surface area contributed by atoms with Crippen molar-refractivity contribution in [3.05, 3.63) is 57.6 Å². The second-order valence-electron chi connectivity index (χ2n) is 5.91. The summed E-state index contributed by atoms with van der Waals surface area (Å²) in [6, 6.07) is 8.67. The molecule has 1 amide bonds. The Bertz CT molecular complexity index is 912. The molecule has 0 heterocycles. The average Bonchev–Trinajstić information content (AvgIpc) is 2.69. The van der Waals surface area contributed by atoms with E-state index in [1.807, 2.05) is 13.8 Å². The fourth-order valence-electron chi connectivity index (χ4n) is 2.48. The van der Waals surface area contributed by atoms with Gasteiger partial charge < -0.3 is 19.5 Å². The van der Waals surface area contributed by atoms with Crippen LogP contribution in [-0.4, -0.2) is 36.6 Å². The first kappa shape index (κ1) is 21.7. The van der Waals surface area contributed by atoms with Gasteiger partial charge in [-0.25, -0.2) is 4.79 Å². The lowest BCUT2D eigenvalue weighted by molar-refractivity contribution is -0.384. The number of rotatable bonds is 9. The third kappa shape index (κ3) is 5.93. The second-order valence-corrected chi connectivity index (χ2v) is 5.91. The molecule has 0 aliphatic heterocycles. The smallest absolute Gasteiger partial charge is 0.338 e. The third-order valence-electron chi connectivity index (χ3n) is 3.81. The van der Waals surface area contributed by atoms with Gasteiger partial charge in [-0.2, -0.15) is 0 Å². The molecule has 154 valence electrons. The Labute approximate surface area is 167 Å². The quantitative estimate of drug-likeness (QED) is 0.387. The number of esters is 1. The van der Waals surface area contributed by atoms with Gasteiger partial charge >= 0.3 is 5.97 Å². The van der Waals surface area contributed by atoms with Gasteiger partial charge in [-0.3, -0.25) is 14.9 Å². The highest BCUT2D eigenvalue weighted by Crippen LogP contribution is 2.29. The Morgan fingerprint density at radius 1 is 1.03 bits per heavy atom. The molecule has 0 radical (unpaired) electrons. The van der Waals surface area contributed by atoms with Crippen LogP contribution in [0, 0.1) is 17.0 Å². The lowest BCUT2D eigenvalue weighted by Crippen LogP contribution is -2.21. The van der Waals surface area contributed by atoms with Crippen LogP contribution < -0.4 is 14.8 Å². The summed E-state index contributed by atoms with van der Waals surface area (Å²) >= 11 is 0. The molecular weight excluding hydrogens is 380 g/mol. The van der Waals surface area contributed by atoms with E-state index in [-0.39, 0.29) is 11.3 Å². The fraction of sp³-hybridized carbons (Fsp3) is 0.300. The fourth-order valence-corrected chi connectivity index (χ4v) is 2.48. The van der Waals surface area contributed by atoms with Crippen LogP contribution in [0.25, 0.3) is 0 Å². The zero-order valence-corrected chi connectivity index (χ0v) is 16.4. The lowest BCUT2D eigenvalue weighted by atomic mass is 10.2. The number of non-ortho nitro benzene ring substituents is 1. The molecular formula is C20H22N2O7. The molecule has 2 aromatic carbocycles. The summed E-state index contributed by atoms with van der Waals surface area (Å²) in [5, 5.41) is 13.3. The maximum Gasteiger partial charge on any atom is 0.338 e. The van der Waals surface area contributed by atoms with E-state index in [0.29, 0.717) is 36.0 Å². The average molecular weight is 402 g/mol. The highest BCUT2D eigenvalue weighted by atomic mass is 16.6. The molecule has 0 saturated carbocycles. The van der Waals surface area contributed by atoms with Crippen LogP contribution in [0.2, 0.25) is 0 Å². The minimum Gasteiger partial charge on any atom is -0.490 e. The van der Waals surface area contributed by atoms with E-state index in [9.17, 15) is 19.7 Å². The van der Waals surface area contributed by atoms with Gasteiger partial charge in [-0.15, -0.1) is 0 Å². The van der Waals surface area contributed by atoms with Crippen LogP contribution in [0.4, 0.5) is 11.4 Å². The number of benzene rings is 2. The van der Waals surface area contributed by atoms with Gasteiger partial charge in [0.1, 0.15) is 0 Å². The molecule has 0 aliphatic rings. The minimum absolute atomic E-state index is 0.0764. The van der Waals surface area contributed by atoms with Crippen LogP contribution in [-0.2, 0) is 9.53 Å². The Morgan fingerprint density at radius 3 is 2.34 bits per heavy atom. The molecule has 9 nitrogen and oxygen atoms in total. The van der Waals surface area contributed by atoms with Crippen molar-refractivity contribution in [2.24, 2.45) is 0 Å². The summed E-state index contributed by atoms with van der Waals surface area (Å²) in [4.78, 5) is 34.5. The maximum absolute atomic E-state index is 12.2. The summed E-state index contributed by atoms with van der Waals surface area (Å²) in [5.41, 5.74) is 1.06. The summed E-state index contributed by atoms with van der Waals surface area (Å²) < 4.78 is 15.9. The van der Waals surface area contributed by atoms with Crippen LogP contribution in [0.5, 0.6) is 11.5 Å². The van der Waals surface area contributed by atoms with Crippen molar-refractivity contribution in [1.82, 2.24) is 0 Å². The number of anilines is 1. The Balaban J connectivity index is 1.99. The highest BCUT2D eigenvalue weighted by molar-refractivity contribution is 5.96. The van der Waals surface area contributed by atoms with Crippen LogP contribution in [0.15, 0.2) is 36.4 Å². The molecule has 0 aliphatic carbocycles. The molecule has 0 unspecified atom stereocenters.